The lowest BCUT2D eigenvalue weighted by atomic mass is 10.2. The molecular formula is C17H20F2N4O3. The average Bonchev–Trinajstić information content (AvgIpc) is 2.61. The van der Waals surface area contributed by atoms with Crippen LogP contribution in [0, 0.1) is 5.92 Å². The van der Waals surface area contributed by atoms with Gasteiger partial charge in [-0.05, 0) is 12.1 Å². The van der Waals surface area contributed by atoms with Gasteiger partial charge in [0.05, 0.1) is 5.70 Å². The quantitative estimate of drug-likeness (QED) is 0.775. The number of aliphatic imine (C=N–C) groups is 1. The third-order valence-corrected chi connectivity index (χ3v) is 3.42. The Balaban J connectivity index is 2.10. The molecule has 0 bridgehead atoms. The molecule has 140 valence electrons. The average molecular weight is 366 g/mol. The summed E-state index contributed by atoms with van der Waals surface area (Å²) in [5.41, 5.74) is 0.491. The molecule has 2 N–H and O–H groups in total. The number of carbonyl (C=O) groups is 2. The lowest BCUT2D eigenvalue weighted by Gasteiger charge is -2.17. The highest BCUT2D eigenvalue weighted by molar-refractivity contribution is 6.00. The Morgan fingerprint density at radius 3 is 2.77 bits per heavy atom. The van der Waals surface area contributed by atoms with Gasteiger partial charge < -0.3 is 15.4 Å². The van der Waals surface area contributed by atoms with Crippen molar-refractivity contribution in [1.29, 1.82) is 0 Å². The number of hydrogen-bond acceptors (Lipinski definition) is 5. The number of allylic oxidation sites excluding steroid dienone is 1. The topological polar surface area (TPSA) is 92.7 Å². The van der Waals surface area contributed by atoms with Crippen LogP contribution in [0.25, 0.3) is 0 Å². The molecule has 1 aromatic rings. The molecule has 2 rings (SSSR count). The van der Waals surface area contributed by atoms with Crippen LogP contribution >= 0.6 is 0 Å². The number of alkyl halides is 2. The maximum atomic E-state index is 12.4. The van der Waals surface area contributed by atoms with E-state index >= 15 is 0 Å². The van der Waals surface area contributed by atoms with E-state index in [-0.39, 0.29) is 34.7 Å². The van der Waals surface area contributed by atoms with Crippen molar-refractivity contribution in [3.63, 3.8) is 0 Å². The SMILES string of the molecule is CC(C)C(=O)Nc1cc(C(=O)NC2=C(OCC(F)F)CCN=C2)ccn1. The lowest BCUT2D eigenvalue weighted by Crippen LogP contribution is -2.28. The fraction of sp³-hybridized carbons (Fsp3) is 0.412. The van der Waals surface area contributed by atoms with E-state index in [2.05, 4.69) is 20.6 Å². The molecule has 0 unspecified atom stereocenters. The summed E-state index contributed by atoms with van der Waals surface area (Å²) < 4.78 is 29.7. The predicted molar refractivity (Wildman–Crippen MR) is 92.1 cm³/mol. The van der Waals surface area contributed by atoms with E-state index in [1.807, 2.05) is 0 Å². The molecule has 2 amide bonds. The summed E-state index contributed by atoms with van der Waals surface area (Å²) in [6.45, 7) is 3.13. The molecule has 1 aliphatic rings. The minimum atomic E-state index is -2.61. The summed E-state index contributed by atoms with van der Waals surface area (Å²) in [5.74, 6) is -0.436. The largest absolute Gasteiger partial charge is 0.490 e. The van der Waals surface area contributed by atoms with Crippen LogP contribution in [0.1, 0.15) is 30.6 Å². The van der Waals surface area contributed by atoms with Gasteiger partial charge in [0.25, 0.3) is 12.3 Å². The minimum absolute atomic E-state index is 0.222. The van der Waals surface area contributed by atoms with Crippen LogP contribution in [0.5, 0.6) is 0 Å². The van der Waals surface area contributed by atoms with E-state index in [1.165, 1.54) is 24.5 Å². The summed E-state index contributed by atoms with van der Waals surface area (Å²) in [4.78, 5) is 32.2. The Hall–Kier alpha value is -2.84. The van der Waals surface area contributed by atoms with Crippen molar-refractivity contribution in [1.82, 2.24) is 10.3 Å². The van der Waals surface area contributed by atoms with E-state index in [0.29, 0.717) is 13.0 Å². The Bertz CT molecular complexity index is 732. The second-order valence-corrected chi connectivity index (χ2v) is 5.85. The number of carbonyl (C=O) groups excluding carboxylic acids is 2. The highest BCUT2D eigenvalue weighted by atomic mass is 19.3. The molecule has 0 fully saturated rings. The van der Waals surface area contributed by atoms with Crippen LogP contribution in [0.15, 0.2) is 34.8 Å². The normalized spacial score (nSPS) is 13.9. The molecule has 0 saturated heterocycles. The van der Waals surface area contributed by atoms with Crippen molar-refractivity contribution in [3.8, 4) is 0 Å². The number of hydrogen-bond donors (Lipinski definition) is 2. The van der Waals surface area contributed by atoms with E-state index < -0.39 is 18.9 Å². The highest BCUT2D eigenvalue weighted by Gasteiger charge is 2.17. The van der Waals surface area contributed by atoms with Crippen molar-refractivity contribution in [2.24, 2.45) is 10.9 Å². The van der Waals surface area contributed by atoms with Crippen molar-refractivity contribution >= 4 is 23.8 Å². The van der Waals surface area contributed by atoms with Gasteiger partial charge in [-0.25, -0.2) is 13.8 Å². The molecule has 0 spiro atoms. The number of ether oxygens (including phenoxy) is 1. The molecule has 0 aromatic carbocycles. The van der Waals surface area contributed by atoms with Gasteiger partial charge in [0.15, 0.2) is 0 Å². The molecule has 0 saturated carbocycles. The Morgan fingerprint density at radius 2 is 2.08 bits per heavy atom. The van der Waals surface area contributed by atoms with Crippen LogP contribution in [-0.4, -0.2) is 42.6 Å². The number of anilines is 1. The maximum absolute atomic E-state index is 12.4. The summed E-state index contributed by atoms with van der Waals surface area (Å²) in [6, 6.07) is 2.90. The fourth-order valence-electron chi connectivity index (χ4n) is 2.05. The molecule has 1 aromatic heterocycles. The molecule has 1 aliphatic heterocycles. The van der Waals surface area contributed by atoms with Gasteiger partial charge in [0.2, 0.25) is 5.91 Å². The van der Waals surface area contributed by atoms with Crippen molar-refractivity contribution < 1.29 is 23.1 Å². The zero-order chi connectivity index (χ0) is 19.1. The van der Waals surface area contributed by atoms with Crippen molar-refractivity contribution in [2.45, 2.75) is 26.7 Å². The summed E-state index contributed by atoms with van der Waals surface area (Å²) in [7, 11) is 0. The maximum Gasteiger partial charge on any atom is 0.272 e. The van der Waals surface area contributed by atoms with Crippen molar-refractivity contribution in [3.05, 3.63) is 35.3 Å². The van der Waals surface area contributed by atoms with Crippen LogP contribution in [0.2, 0.25) is 0 Å². The second kappa shape index (κ2) is 9.02. The van der Waals surface area contributed by atoms with Gasteiger partial charge in [0, 0.05) is 36.9 Å². The van der Waals surface area contributed by atoms with E-state index in [9.17, 15) is 18.4 Å². The molecule has 0 aliphatic carbocycles. The van der Waals surface area contributed by atoms with Crippen LogP contribution < -0.4 is 10.6 Å². The van der Waals surface area contributed by atoms with Gasteiger partial charge in [-0.3, -0.25) is 14.6 Å². The molecular weight excluding hydrogens is 346 g/mol. The Kier molecular flexibility index (Phi) is 6.76. The van der Waals surface area contributed by atoms with E-state index in [1.54, 1.807) is 13.8 Å². The molecule has 26 heavy (non-hydrogen) atoms. The first kappa shape index (κ1) is 19.5. The summed E-state index contributed by atoms with van der Waals surface area (Å²) >= 11 is 0. The number of pyridine rings is 1. The first-order valence-corrected chi connectivity index (χ1v) is 8.09. The van der Waals surface area contributed by atoms with Gasteiger partial charge in [-0.2, -0.15) is 0 Å². The summed E-state index contributed by atoms with van der Waals surface area (Å²) in [6.07, 6.45) is 0.489. The van der Waals surface area contributed by atoms with Gasteiger partial charge in [-0.15, -0.1) is 0 Å². The number of amides is 2. The number of rotatable bonds is 7. The van der Waals surface area contributed by atoms with Crippen molar-refractivity contribution in [2.75, 3.05) is 18.5 Å². The van der Waals surface area contributed by atoms with Crippen LogP contribution in [0.4, 0.5) is 14.6 Å². The third-order valence-electron chi connectivity index (χ3n) is 3.42. The molecule has 2 heterocycles. The van der Waals surface area contributed by atoms with Gasteiger partial charge >= 0.3 is 0 Å². The number of dihydropyridines is 1. The number of nitrogens with zero attached hydrogens (tertiary/aromatic N) is 2. The fourth-order valence-corrected chi connectivity index (χ4v) is 2.05. The first-order valence-electron chi connectivity index (χ1n) is 8.09. The molecule has 0 radical (unpaired) electrons. The van der Waals surface area contributed by atoms with Crippen LogP contribution in [-0.2, 0) is 9.53 Å². The Morgan fingerprint density at radius 1 is 1.31 bits per heavy atom. The predicted octanol–water partition coefficient (Wildman–Crippen LogP) is 2.37. The van der Waals surface area contributed by atoms with Gasteiger partial charge in [0.1, 0.15) is 18.2 Å². The zero-order valence-electron chi connectivity index (χ0n) is 14.5. The lowest BCUT2D eigenvalue weighted by molar-refractivity contribution is -0.118. The van der Waals surface area contributed by atoms with Gasteiger partial charge in [-0.1, -0.05) is 13.8 Å². The standard InChI is InChI=1S/C17H20F2N4O3/c1-10(2)16(24)23-15-7-11(3-6-21-15)17(25)22-12-8-20-5-4-13(12)26-9-14(18)19/h3,6-8,10,14H,4-5,9H2,1-2H3,(H,22,25)(H,21,23,24). The highest BCUT2D eigenvalue weighted by Crippen LogP contribution is 2.15. The zero-order valence-corrected chi connectivity index (χ0v) is 14.5. The number of nitrogens with one attached hydrogen (secondary N) is 2. The van der Waals surface area contributed by atoms with E-state index in [0.717, 1.165) is 0 Å². The molecule has 9 heteroatoms. The number of aromatic nitrogens is 1. The third kappa shape index (κ3) is 5.61. The second-order valence-electron chi connectivity index (χ2n) is 5.85. The smallest absolute Gasteiger partial charge is 0.272 e. The minimum Gasteiger partial charge on any atom is -0.490 e. The Labute approximate surface area is 149 Å². The summed E-state index contributed by atoms with van der Waals surface area (Å²) in [5, 5.41) is 5.20. The first-order chi connectivity index (χ1) is 12.4. The van der Waals surface area contributed by atoms with Crippen LogP contribution in [0.3, 0.4) is 0 Å². The number of halogens is 2. The van der Waals surface area contributed by atoms with E-state index in [4.69, 9.17) is 4.74 Å². The monoisotopic (exact) mass is 366 g/mol. The molecule has 0 atom stereocenters. The molecule has 7 nitrogen and oxygen atoms in total.